The van der Waals surface area contributed by atoms with Crippen molar-refractivity contribution in [1.82, 2.24) is 14.9 Å². The predicted octanol–water partition coefficient (Wildman–Crippen LogP) is 1.82. The highest BCUT2D eigenvalue weighted by Gasteiger charge is 2.22. The summed E-state index contributed by atoms with van der Waals surface area (Å²) >= 11 is 0. The van der Waals surface area contributed by atoms with Gasteiger partial charge >= 0.3 is 0 Å². The molecule has 1 aliphatic heterocycles. The molecule has 116 valence electrons. The molecule has 1 atom stereocenters. The predicted molar refractivity (Wildman–Crippen MR) is 81.1 cm³/mol. The van der Waals surface area contributed by atoms with Crippen molar-refractivity contribution in [3.05, 3.63) is 17.7 Å². The number of nitrogen functional groups attached to an aromatic ring is 1. The fourth-order valence-corrected chi connectivity index (χ4v) is 2.37. The summed E-state index contributed by atoms with van der Waals surface area (Å²) in [7, 11) is 1.76. The molecule has 2 rings (SSSR count). The van der Waals surface area contributed by atoms with E-state index in [0.29, 0.717) is 18.1 Å². The summed E-state index contributed by atoms with van der Waals surface area (Å²) in [4.78, 5) is 22.6. The number of rotatable bonds is 4. The van der Waals surface area contributed by atoms with Gasteiger partial charge in [0.2, 0.25) is 0 Å². The molecule has 1 aliphatic rings. The topological polar surface area (TPSA) is 81.3 Å². The molecule has 0 aromatic carbocycles. The quantitative estimate of drug-likeness (QED) is 0.915. The van der Waals surface area contributed by atoms with E-state index in [-0.39, 0.29) is 23.6 Å². The maximum absolute atomic E-state index is 12.5. The first-order valence-electron chi connectivity index (χ1n) is 7.48. The molecule has 0 spiro atoms. The second-order valence-electron chi connectivity index (χ2n) is 5.86. The molecule has 1 fully saturated rings. The smallest absolute Gasteiger partial charge is 0.274 e. The average molecular weight is 292 g/mol. The molecule has 1 aromatic rings. The van der Waals surface area contributed by atoms with Crippen LogP contribution in [0.25, 0.3) is 0 Å². The van der Waals surface area contributed by atoms with Crippen molar-refractivity contribution in [2.45, 2.75) is 45.1 Å². The molecule has 21 heavy (non-hydrogen) atoms. The second-order valence-corrected chi connectivity index (χ2v) is 5.86. The Kier molecular flexibility index (Phi) is 5.12. The molecule has 6 nitrogen and oxygen atoms in total. The summed E-state index contributed by atoms with van der Waals surface area (Å²) in [5.41, 5.74) is 6.46. The van der Waals surface area contributed by atoms with Gasteiger partial charge in [-0.05, 0) is 19.3 Å². The van der Waals surface area contributed by atoms with E-state index < -0.39 is 0 Å². The largest absolute Gasteiger partial charge is 0.396 e. The number of amides is 1. The van der Waals surface area contributed by atoms with Crippen LogP contribution in [-0.2, 0) is 4.74 Å². The standard InChI is InChI=1S/C15H24N4O2/c1-10(2)14-17-8-12(16)13(18-14)15(20)19(3)9-11-6-4-5-7-21-11/h8,10-11H,4-7,9,16H2,1-3H3. The Morgan fingerprint density at radius 1 is 1.52 bits per heavy atom. The molecule has 6 heteroatoms. The van der Waals surface area contributed by atoms with Gasteiger partial charge in [-0.3, -0.25) is 4.79 Å². The molecule has 0 radical (unpaired) electrons. The SMILES string of the molecule is CC(C)c1ncc(N)c(C(=O)N(C)CC2CCCCO2)n1. The van der Waals surface area contributed by atoms with Gasteiger partial charge in [-0.25, -0.2) is 9.97 Å². The number of aromatic nitrogens is 2. The zero-order valence-corrected chi connectivity index (χ0v) is 13.0. The molecular formula is C15H24N4O2. The molecule has 0 bridgehead atoms. The van der Waals surface area contributed by atoms with Crippen LogP contribution >= 0.6 is 0 Å². The van der Waals surface area contributed by atoms with Crippen LogP contribution in [-0.4, -0.2) is 47.1 Å². The Morgan fingerprint density at radius 3 is 2.90 bits per heavy atom. The highest BCUT2D eigenvalue weighted by atomic mass is 16.5. The Morgan fingerprint density at radius 2 is 2.29 bits per heavy atom. The van der Waals surface area contributed by atoms with E-state index in [0.717, 1.165) is 25.9 Å². The number of hydrogen-bond donors (Lipinski definition) is 1. The maximum atomic E-state index is 12.5. The minimum Gasteiger partial charge on any atom is -0.396 e. The van der Waals surface area contributed by atoms with Gasteiger partial charge in [0.05, 0.1) is 18.0 Å². The summed E-state index contributed by atoms with van der Waals surface area (Å²) in [6, 6.07) is 0. The lowest BCUT2D eigenvalue weighted by atomic mass is 10.1. The van der Waals surface area contributed by atoms with Crippen LogP contribution in [0.5, 0.6) is 0 Å². The van der Waals surface area contributed by atoms with Gasteiger partial charge in [-0.1, -0.05) is 13.8 Å². The molecule has 1 amide bonds. The van der Waals surface area contributed by atoms with Gasteiger partial charge in [0.25, 0.3) is 5.91 Å². The monoisotopic (exact) mass is 292 g/mol. The van der Waals surface area contributed by atoms with Crippen LogP contribution in [0.4, 0.5) is 5.69 Å². The molecule has 0 saturated carbocycles. The number of anilines is 1. The Bertz CT molecular complexity index is 498. The second kappa shape index (κ2) is 6.85. The zero-order chi connectivity index (χ0) is 15.4. The first kappa shape index (κ1) is 15.7. The van der Waals surface area contributed by atoms with E-state index in [2.05, 4.69) is 9.97 Å². The summed E-state index contributed by atoms with van der Waals surface area (Å²) < 4.78 is 5.67. The van der Waals surface area contributed by atoms with E-state index in [9.17, 15) is 4.79 Å². The number of nitrogens with zero attached hydrogens (tertiary/aromatic N) is 3. The van der Waals surface area contributed by atoms with Crippen LogP contribution < -0.4 is 5.73 Å². The summed E-state index contributed by atoms with van der Waals surface area (Å²) in [5, 5.41) is 0. The van der Waals surface area contributed by atoms with Gasteiger partial charge in [-0.15, -0.1) is 0 Å². The maximum Gasteiger partial charge on any atom is 0.274 e. The van der Waals surface area contributed by atoms with E-state index in [1.165, 1.54) is 6.20 Å². The van der Waals surface area contributed by atoms with E-state index in [1.54, 1.807) is 11.9 Å². The number of hydrogen-bond acceptors (Lipinski definition) is 5. The highest BCUT2D eigenvalue weighted by molar-refractivity contribution is 5.96. The van der Waals surface area contributed by atoms with Crippen LogP contribution in [0.3, 0.4) is 0 Å². The van der Waals surface area contributed by atoms with Gasteiger partial charge in [0.1, 0.15) is 5.82 Å². The minimum absolute atomic E-state index is 0.111. The average Bonchev–Trinajstić information content (AvgIpc) is 2.47. The summed E-state index contributed by atoms with van der Waals surface area (Å²) in [5.74, 6) is 0.616. The van der Waals surface area contributed by atoms with Gasteiger partial charge in [-0.2, -0.15) is 0 Å². The lowest BCUT2D eigenvalue weighted by Crippen LogP contribution is -2.37. The van der Waals surface area contributed by atoms with Crippen molar-refractivity contribution in [3.63, 3.8) is 0 Å². The first-order valence-corrected chi connectivity index (χ1v) is 7.48. The van der Waals surface area contributed by atoms with Crippen molar-refractivity contribution in [3.8, 4) is 0 Å². The molecule has 1 aromatic heterocycles. The molecule has 1 unspecified atom stereocenters. The number of nitrogens with two attached hydrogens (primary N) is 1. The Labute approximate surface area is 125 Å². The van der Waals surface area contributed by atoms with E-state index >= 15 is 0 Å². The first-order chi connectivity index (χ1) is 9.99. The fraction of sp³-hybridized carbons (Fsp3) is 0.667. The van der Waals surface area contributed by atoms with E-state index in [4.69, 9.17) is 10.5 Å². The van der Waals surface area contributed by atoms with Crippen LogP contribution in [0.1, 0.15) is 55.3 Å². The number of likely N-dealkylation sites (N-methyl/N-ethyl adjacent to an activating group) is 1. The van der Waals surface area contributed by atoms with E-state index in [1.807, 2.05) is 13.8 Å². The number of ether oxygens (including phenoxy) is 1. The Balaban J connectivity index is 2.09. The van der Waals surface area contributed by atoms with Crippen LogP contribution in [0.15, 0.2) is 6.20 Å². The summed E-state index contributed by atoms with van der Waals surface area (Å²) in [6.45, 7) is 5.32. The third-order valence-electron chi connectivity index (χ3n) is 3.65. The van der Waals surface area contributed by atoms with Crippen molar-refractivity contribution in [1.29, 1.82) is 0 Å². The van der Waals surface area contributed by atoms with Crippen molar-refractivity contribution in [2.75, 3.05) is 25.9 Å². The minimum atomic E-state index is -0.175. The molecule has 1 saturated heterocycles. The third-order valence-corrected chi connectivity index (χ3v) is 3.65. The van der Waals surface area contributed by atoms with Crippen molar-refractivity contribution >= 4 is 11.6 Å². The zero-order valence-electron chi connectivity index (χ0n) is 13.0. The lowest BCUT2D eigenvalue weighted by Gasteiger charge is -2.27. The van der Waals surface area contributed by atoms with Crippen molar-refractivity contribution < 1.29 is 9.53 Å². The van der Waals surface area contributed by atoms with Gasteiger partial charge < -0.3 is 15.4 Å². The molecule has 2 heterocycles. The van der Waals surface area contributed by atoms with Crippen LogP contribution in [0.2, 0.25) is 0 Å². The lowest BCUT2D eigenvalue weighted by molar-refractivity contribution is -0.000279. The third kappa shape index (κ3) is 3.91. The molecular weight excluding hydrogens is 268 g/mol. The van der Waals surface area contributed by atoms with Crippen molar-refractivity contribution in [2.24, 2.45) is 0 Å². The Hall–Kier alpha value is -1.69. The molecule has 2 N–H and O–H groups in total. The molecule has 0 aliphatic carbocycles. The summed E-state index contributed by atoms with van der Waals surface area (Å²) in [6.07, 6.45) is 4.87. The fourth-order valence-electron chi connectivity index (χ4n) is 2.37. The van der Waals surface area contributed by atoms with Gasteiger partial charge in [0.15, 0.2) is 5.69 Å². The normalized spacial score (nSPS) is 18.8. The van der Waals surface area contributed by atoms with Crippen LogP contribution in [0, 0.1) is 0 Å². The number of carbonyl (C=O) groups excluding carboxylic acids is 1. The van der Waals surface area contributed by atoms with Gasteiger partial charge in [0, 0.05) is 26.1 Å². The number of carbonyl (C=O) groups is 1. The highest BCUT2D eigenvalue weighted by Crippen LogP contribution is 2.17.